The highest BCUT2D eigenvalue weighted by Crippen LogP contribution is 2.38. The van der Waals surface area contributed by atoms with Crippen molar-refractivity contribution in [2.75, 3.05) is 12.4 Å². The minimum absolute atomic E-state index is 0.00138. The number of nitrogens with zero attached hydrogens (tertiary/aromatic N) is 3. The highest BCUT2D eigenvalue weighted by molar-refractivity contribution is 7.17. The van der Waals surface area contributed by atoms with Crippen LogP contribution in [-0.2, 0) is 19.4 Å². The van der Waals surface area contributed by atoms with Crippen molar-refractivity contribution in [2.45, 2.75) is 64.8 Å². The van der Waals surface area contributed by atoms with Gasteiger partial charge in [-0.15, -0.1) is 11.3 Å². The van der Waals surface area contributed by atoms with Crippen LogP contribution >= 0.6 is 11.3 Å². The maximum atomic E-state index is 13.7. The van der Waals surface area contributed by atoms with Gasteiger partial charge < -0.3 is 15.2 Å². The molecule has 2 amide bonds. The predicted octanol–water partition coefficient (Wildman–Crippen LogP) is 4.26. The molecule has 198 valence electrons. The molecule has 0 radical (unpaired) electrons. The predicted molar refractivity (Wildman–Crippen MR) is 149 cm³/mol. The van der Waals surface area contributed by atoms with E-state index in [1.165, 1.54) is 21.8 Å². The number of aryl methyl sites for hydroxylation is 2. The van der Waals surface area contributed by atoms with Crippen molar-refractivity contribution in [1.82, 2.24) is 19.3 Å². The Morgan fingerprint density at radius 2 is 1.95 bits per heavy atom. The van der Waals surface area contributed by atoms with Gasteiger partial charge in [0.2, 0.25) is 0 Å². The van der Waals surface area contributed by atoms with Crippen LogP contribution in [0.3, 0.4) is 0 Å². The first kappa shape index (κ1) is 25.8. The maximum Gasteiger partial charge on any atom is 0.267 e. The molecule has 4 aromatic rings. The standard InChI is InChI=1S/C28H32N6O3S/c1-3-4-5-9-15-34-23(29)18(16-19-24(34)31-21-13-8-10-14-33(21)28(19)37)25(35)32-27-22(26(36)30-2)17-11-6-7-12-20(17)38-27/h8,10,13-14,16,29H,3-7,9,11-12,15H2,1-2H3,(H,30,36)(H,32,35). The number of unbranched alkanes of at least 4 members (excludes halogenated alkanes) is 3. The smallest absolute Gasteiger partial charge is 0.267 e. The summed E-state index contributed by atoms with van der Waals surface area (Å²) < 4.78 is 3.12. The molecule has 0 bridgehead atoms. The highest BCUT2D eigenvalue weighted by atomic mass is 32.1. The van der Waals surface area contributed by atoms with Crippen LogP contribution < -0.4 is 21.7 Å². The van der Waals surface area contributed by atoms with E-state index in [1.807, 2.05) is 6.07 Å². The lowest BCUT2D eigenvalue weighted by Crippen LogP contribution is -2.32. The Kier molecular flexibility index (Phi) is 7.42. The molecule has 9 nitrogen and oxygen atoms in total. The summed E-state index contributed by atoms with van der Waals surface area (Å²) in [5, 5.41) is 15.4. The SMILES string of the molecule is CCCCCCn1c(=N)c(C(=O)Nc2sc3c(c2C(=O)NC)CCCC3)cc2c(=O)n3ccccc3nc21. The lowest BCUT2D eigenvalue weighted by molar-refractivity contribution is 0.0963. The first-order valence-electron chi connectivity index (χ1n) is 13.2. The molecule has 3 N–H and O–H groups in total. The Bertz CT molecular complexity index is 1670. The molecular formula is C28H32N6O3S. The van der Waals surface area contributed by atoms with Crippen LogP contribution in [0.1, 0.15) is 76.6 Å². The first-order chi connectivity index (χ1) is 18.4. The zero-order valence-electron chi connectivity index (χ0n) is 21.7. The maximum absolute atomic E-state index is 13.7. The van der Waals surface area contributed by atoms with Crippen molar-refractivity contribution in [2.24, 2.45) is 0 Å². The van der Waals surface area contributed by atoms with E-state index >= 15 is 0 Å². The summed E-state index contributed by atoms with van der Waals surface area (Å²) in [5.41, 5.74) is 2.19. The van der Waals surface area contributed by atoms with E-state index in [9.17, 15) is 14.4 Å². The molecule has 4 aromatic heterocycles. The molecule has 0 saturated carbocycles. The molecule has 1 aliphatic carbocycles. The van der Waals surface area contributed by atoms with Crippen molar-refractivity contribution in [3.8, 4) is 0 Å². The summed E-state index contributed by atoms with van der Waals surface area (Å²) in [6.07, 6.45) is 9.31. The van der Waals surface area contributed by atoms with Crippen molar-refractivity contribution in [1.29, 1.82) is 5.41 Å². The Morgan fingerprint density at radius 3 is 2.74 bits per heavy atom. The number of thiophene rings is 1. The van der Waals surface area contributed by atoms with Gasteiger partial charge in [-0.3, -0.25) is 24.2 Å². The average Bonchev–Trinajstić information content (AvgIpc) is 3.29. The molecule has 0 fully saturated rings. The number of nitrogens with one attached hydrogen (secondary N) is 3. The van der Waals surface area contributed by atoms with Crippen LogP contribution in [-0.4, -0.2) is 32.8 Å². The van der Waals surface area contributed by atoms with Gasteiger partial charge in [0.05, 0.1) is 16.5 Å². The second-order valence-corrected chi connectivity index (χ2v) is 10.8. The van der Waals surface area contributed by atoms with Gasteiger partial charge in [-0.05, 0) is 55.9 Å². The summed E-state index contributed by atoms with van der Waals surface area (Å²) in [6, 6.07) is 6.79. The fraction of sp³-hybridized carbons (Fsp3) is 0.393. The van der Waals surface area contributed by atoms with E-state index in [-0.39, 0.29) is 27.9 Å². The second kappa shape index (κ2) is 10.9. The van der Waals surface area contributed by atoms with Gasteiger partial charge in [-0.25, -0.2) is 4.98 Å². The fourth-order valence-corrected chi connectivity index (χ4v) is 6.45. The molecule has 4 heterocycles. The van der Waals surface area contributed by atoms with E-state index in [0.717, 1.165) is 61.8 Å². The van der Waals surface area contributed by atoms with Crippen molar-refractivity contribution >= 4 is 44.8 Å². The van der Waals surface area contributed by atoms with Gasteiger partial charge >= 0.3 is 0 Å². The number of anilines is 1. The number of aromatic nitrogens is 3. The van der Waals surface area contributed by atoms with Gasteiger partial charge in [0.1, 0.15) is 21.8 Å². The number of hydrogen-bond acceptors (Lipinski definition) is 6. The molecular weight excluding hydrogens is 500 g/mol. The summed E-state index contributed by atoms with van der Waals surface area (Å²) in [6.45, 7) is 2.61. The van der Waals surface area contributed by atoms with E-state index < -0.39 is 5.91 Å². The molecule has 38 heavy (non-hydrogen) atoms. The molecule has 0 spiro atoms. The average molecular weight is 533 g/mol. The molecule has 5 rings (SSSR count). The first-order valence-corrected chi connectivity index (χ1v) is 14.0. The quantitative estimate of drug-likeness (QED) is 0.232. The third kappa shape index (κ3) is 4.64. The number of carbonyl (C=O) groups is 2. The van der Waals surface area contributed by atoms with Crippen molar-refractivity contribution < 1.29 is 9.59 Å². The van der Waals surface area contributed by atoms with Crippen molar-refractivity contribution in [3.63, 3.8) is 0 Å². The van der Waals surface area contributed by atoms with Gasteiger partial charge in [0.15, 0.2) is 0 Å². The fourth-order valence-electron chi connectivity index (χ4n) is 5.16. The summed E-state index contributed by atoms with van der Waals surface area (Å²) in [5.74, 6) is -0.746. The van der Waals surface area contributed by atoms with Gasteiger partial charge in [0.25, 0.3) is 17.4 Å². The van der Waals surface area contributed by atoms with Gasteiger partial charge in [-0.1, -0.05) is 32.3 Å². The van der Waals surface area contributed by atoms with Crippen LogP contribution in [0.15, 0.2) is 35.3 Å². The number of pyridine rings is 2. The zero-order valence-corrected chi connectivity index (χ0v) is 22.5. The number of amides is 2. The third-order valence-corrected chi connectivity index (χ3v) is 8.36. The summed E-state index contributed by atoms with van der Waals surface area (Å²) in [7, 11) is 1.58. The van der Waals surface area contributed by atoms with E-state index in [0.29, 0.717) is 28.4 Å². The Balaban J connectivity index is 1.63. The minimum atomic E-state index is -0.513. The van der Waals surface area contributed by atoms with Crippen molar-refractivity contribution in [3.05, 3.63) is 67.9 Å². The third-order valence-electron chi connectivity index (χ3n) is 7.15. The molecule has 0 atom stereocenters. The normalized spacial score (nSPS) is 13.0. The van der Waals surface area contributed by atoms with Gasteiger partial charge in [-0.2, -0.15) is 0 Å². The largest absolute Gasteiger partial charge is 0.355 e. The summed E-state index contributed by atoms with van der Waals surface area (Å²) in [4.78, 5) is 45.7. The Morgan fingerprint density at radius 1 is 1.13 bits per heavy atom. The van der Waals surface area contributed by atoms with E-state index in [2.05, 4.69) is 17.6 Å². The van der Waals surface area contributed by atoms with Gasteiger partial charge in [0, 0.05) is 24.7 Å². The number of rotatable bonds is 8. The van der Waals surface area contributed by atoms with Crippen LogP contribution in [0.2, 0.25) is 0 Å². The van der Waals surface area contributed by atoms with Crippen LogP contribution in [0.25, 0.3) is 16.7 Å². The lowest BCUT2D eigenvalue weighted by atomic mass is 9.95. The lowest BCUT2D eigenvalue weighted by Gasteiger charge is -2.15. The molecule has 0 unspecified atom stereocenters. The second-order valence-electron chi connectivity index (χ2n) is 9.65. The topological polar surface area (TPSA) is 121 Å². The number of fused-ring (bicyclic) bond motifs is 3. The Hall–Kier alpha value is -3.79. The summed E-state index contributed by atoms with van der Waals surface area (Å²) >= 11 is 1.43. The minimum Gasteiger partial charge on any atom is -0.355 e. The van der Waals surface area contributed by atoms with E-state index in [4.69, 9.17) is 10.4 Å². The number of carbonyl (C=O) groups excluding carboxylic acids is 2. The van der Waals surface area contributed by atoms with Crippen LogP contribution in [0.4, 0.5) is 5.00 Å². The number of hydrogen-bond donors (Lipinski definition) is 3. The molecule has 10 heteroatoms. The molecule has 0 aliphatic heterocycles. The molecule has 0 saturated heterocycles. The van der Waals surface area contributed by atoms with Crippen LogP contribution in [0.5, 0.6) is 0 Å². The highest BCUT2D eigenvalue weighted by Gasteiger charge is 2.27. The Labute approximate surface area is 224 Å². The zero-order chi connectivity index (χ0) is 26.8. The van der Waals surface area contributed by atoms with Crippen LogP contribution in [0, 0.1) is 5.41 Å². The molecule has 1 aliphatic rings. The monoisotopic (exact) mass is 532 g/mol. The van der Waals surface area contributed by atoms with E-state index in [1.54, 1.807) is 29.9 Å². The molecule has 0 aromatic carbocycles.